The van der Waals surface area contributed by atoms with Gasteiger partial charge in [0.15, 0.2) is 0 Å². The number of nitrogens with one attached hydrogen (secondary N) is 1. The van der Waals surface area contributed by atoms with Gasteiger partial charge in [-0.15, -0.1) is 11.3 Å². The minimum atomic E-state index is -1.17. The summed E-state index contributed by atoms with van der Waals surface area (Å²) in [7, 11) is 1.31. The molecule has 2 aromatic carbocycles. The van der Waals surface area contributed by atoms with Gasteiger partial charge >= 0.3 is 12.1 Å². The van der Waals surface area contributed by atoms with Gasteiger partial charge in [0, 0.05) is 0 Å². The molecule has 0 saturated heterocycles. The lowest BCUT2D eigenvalue weighted by molar-refractivity contribution is 0.0693. The zero-order chi connectivity index (χ0) is 20.3. The van der Waals surface area contributed by atoms with Crippen molar-refractivity contribution in [3.63, 3.8) is 0 Å². The van der Waals surface area contributed by atoms with Crippen LogP contribution in [0.1, 0.15) is 21.1 Å². The van der Waals surface area contributed by atoms with Gasteiger partial charge in [0.2, 0.25) is 0 Å². The quantitative estimate of drug-likeness (QED) is 0.598. The van der Waals surface area contributed by atoms with Gasteiger partial charge in [0.25, 0.3) is 0 Å². The average molecular weight is 398 g/mol. The Labute approximate surface area is 165 Å². The summed E-state index contributed by atoms with van der Waals surface area (Å²) in [5, 5.41) is 22.4. The number of alkyl carbamates (subject to hydrolysis) is 1. The van der Waals surface area contributed by atoms with Crippen LogP contribution in [0.25, 0.3) is 21.6 Å². The van der Waals surface area contributed by atoms with Crippen LogP contribution in [0.2, 0.25) is 0 Å². The van der Waals surface area contributed by atoms with Crippen LogP contribution in [0.3, 0.4) is 0 Å². The van der Waals surface area contributed by atoms with Gasteiger partial charge in [0.05, 0.1) is 24.2 Å². The highest BCUT2D eigenvalue weighted by Crippen LogP contribution is 2.34. The fourth-order valence-electron chi connectivity index (χ4n) is 2.75. The minimum absolute atomic E-state index is 0.138. The predicted octanol–water partition coefficient (Wildman–Crippen LogP) is 4.05. The van der Waals surface area contributed by atoms with E-state index in [4.69, 9.17) is 5.11 Å². The van der Waals surface area contributed by atoms with E-state index in [0.29, 0.717) is 5.56 Å². The Morgan fingerprint density at radius 3 is 2.54 bits per heavy atom. The van der Waals surface area contributed by atoms with Gasteiger partial charge in [-0.2, -0.15) is 0 Å². The number of aryl methyl sites for hydroxylation is 1. The first-order chi connectivity index (χ1) is 13.4. The number of aromatic hydroxyl groups is 1. The number of carbonyl (C=O) groups is 2. The number of benzene rings is 2. The smallest absolute Gasteiger partial charge is 0.407 e. The van der Waals surface area contributed by atoms with Crippen molar-refractivity contribution in [3.05, 3.63) is 58.7 Å². The second-order valence-electron chi connectivity index (χ2n) is 5.99. The van der Waals surface area contributed by atoms with Crippen LogP contribution in [0, 0.1) is 6.92 Å². The fraction of sp³-hybridized carbons (Fsp3) is 0.150. The monoisotopic (exact) mass is 398 g/mol. The molecule has 0 fully saturated rings. The Kier molecular flexibility index (Phi) is 5.60. The first-order valence-electron chi connectivity index (χ1n) is 8.34. The number of carbonyl (C=O) groups excluding carboxylic acids is 1. The molecular weight excluding hydrogens is 380 g/mol. The van der Waals surface area contributed by atoms with Crippen molar-refractivity contribution in [2.45, 2.75) is 13.5 Å². The lowest BCUT2D eigenvalue weighted by Crippen LogP contribution is -2.22. The summed E-state index contributed by atoms with van der Waals surface area (Å²) in [4.78, 5) is 27.7. The van der Waals surface area contributed by atoms with E-state index >= 15 is 0 Å². The number of carboxylic acids is 1. The van der Waals surface area contributed by atoms with Crippen molar-refractivity contribution >= 4 is 23.4 Å². The molecule has 144 valence electrons. The number of aromatic nitrogens is 1. The molecular formula is C20H18N2O5S. The number of aromatic carboxylic acids is 1. The molecule has 3 aromatic rings. The van der Waals surface area contributed by atoms with Crippen LogP contribution in [-0.4, -0.2) is 34.4 Å². The van der Waals surface area contributed by atoms with E-state index in [9.17, 15) is 14.7 Å². The highest BCUT2D eigenvalue weighted by atomic mass is 32.1. The van der Waals surface area contributed by atoms with Crippen molar-refractivity contribution in [2.24, 2.45) is 0 Å². The summed E-state index contributed by atoms with van der Waals surface area (Å²) in [5.41, 5.74) is 3.19. The zero-order valence-electron chi connectivity index (χ0n) is 15.2. The minimum Gasteiger partial charge on any atom is -0.507 e. The molecule has 0 aliphatic rings. The summed E-state index contributed by atoms with van der Waals surface area (Å²) >= 11 is 1.47. The van der Waals surface area contributed by atoms with E-state index in [1.54, 1.807) is 6.07 Å². The van der Waals surface area contributed by atoms with Crippen molar-refractivity contribution in [3.8, 4) is 27.3 Å². The number of amides is 1. The maximum Gasteiger partial charge on any atom is 0.407 e. The second-order valence-corrected chi connectivity index (χ2v) is 7.07. The summed E-state index contributed by atoms with van der Waals surface area (Å²) < 4.78 is 4.56. The Balaban J connectivity index is 1.90. The topological polar surface area (TPSA) is 109 Å². The number of rotatable bonds is 5. The van der Waals surface area contributed by atoms with Gasteiger partial charge in [-0.05, 0) is 41.8 Å². The number of phenols is 1. The summed E-state index contributed by atoms with van der Waals surface area (Å²) in [6, 6.07) is 12.2. The van der Waals surface area contributed by atoms with Gasteiger partial charge in [-0.3, -0.25) is 0 Å². The summed E-state index contributed by atoms with van der Waals surface area (Å²) in [6.45, 7) is 2.18. The Morgan fingerprint density at radius 1 is 1.14 bits per heavy atom. The first kappa shape index (κ1) is 19.4. The zero-order valence-corrected chi connectivity index (χ0v) is 16.0. The number of methoxy groups -OCH3 is 1. The van der Waals surface area contributed by atoms with Gasteiger partial charge in [0.1, 0.15) is 16.3 Å². The third-order valence-corrected chi connectivity index (χ3v) is 5.30. The van der Waals surface area contributed by atoms with Gasteiger partial charge < -0.3 is 20.3 Å². The molecule has 0 spiro atoms. The van der Waals surface area contributed by atoms with E-state index in [-0.39, 0.29) is 17.9 Å². The molecule has 0 unspecified atom stereocenters. The molecule has 1 aromatic heterocycles. The molecule has 3 rings (SSSR count). The van der Waals surface area contributed by atoms with Crippen LogP contribution >= 0.6 is 11.3 Å². The fourth-order valence-corrected chi connectivity index (χ4v) is 3.75. The average Bonchev–Trinajstić information content (AvgIpc) is 3.06. The lowest BCUT2D eigenvalue weighted by Gasteiger charge is -2.07. The number of ether oxygens (including phenoxy) is 1. The van der Waals surface area contributed by atoms with Crippen LogP contribution < -0.4 is 5.32 Å². The number of hydrogen-bond donors (Lipinski definition) is 3. The van der Waals surface area contributed by atoms with Crippen LogP contribution in [0.4, 0.5) is 4.79 Å². The summed E-state index contributed by atoms with van der Waals surface area (Å²) in [6.07, 6.45) is -0.513. The molecule has 3 N–H and O–H groups in total. The van der Waals surface area contributed by atoms with E-state index in [2.05, 4.69) is 15.0 Å². The standard InChI is InChI=1S/C20H18N2O5S/c1-11-18(28-17(22-11)10-21-20(26)27-2)14-5-3-4-12(8-14)13-6-7-15(19(24)25)16(23)9-13/h3-9,23H,10H2,1-2H3,(H,21,26)(H,24,25). The number of nitrogens with zero attached hydrogens (tertiary/aromatic N) is 1. The van der Waals surface area contributed by atoms with E-state index in [1.165, 1.54) is 30.6 Å². The number of thiazole rings is 1. The van der Waals surface area contributed by atoms with E-state index in [0.717, 1.165) is 26.7 Å². The lowest BCUT2D eigenvalue weighted by atomic mass is 10.0. The van der Waals surface area contributed by atoms with Crippen LogP contribution in [0.15, 0.2) is 42.5 Å². The SMILES string of the molecule is COC(=O)NCc1nc(C)c(-c2cccc(-c3ccc(C(=O)O)c(O)c3)c2)s1. The highest BCUT2D eigenvalue weighted by Gasteiger charge is 2.13. The van der Waals surface area contributed by atoms with Crippen molar-refractivity contribution in [1.29, 1.82) is 0 Å². The second kappa shape index (κ2) is 8.10. The molecule has 8 heteroatoms. The molecule has 0 aliphatic carbocycles. The maximum absolute atomic E-state index is 11.2. The molecule has 28 heavy (non-hydrogen) atoms. The van der Waals surface area contributed by atoms with Crippen molar-refractivity contribution in [2.75, 3.05) is 7.11 Å². The molecule has 0 atom stereocenters. The highest BCUT2D eigenvalue weighted by molar-refractivity contribution is 7.15. The Morgan fingerprint density at radius 2 is 1.86 bits per heavy atom. The van der Waals surface area contributed by atoms with Gasteiger partial charge in [-0.25, -0.2) is 14.6 Å². The number of hydrogen-bond acceptors (Lipinski definition) is 6. The third kappa shape index (κ3) is 4.12. The maximum atomic E-state index is 11.2. The summed E-state index contributed by atoms with van der Waals surface area (Å²) in [5.74, 6) is -1.45. The van der Waals surface area contributed by atoms with E-state index in [1.807, 2.05) is 31.2 Å². The van der Waals surface area contributed by atoms with Gasteiger partial charge in [-0.1, -0.05) is 24.3 Å². The third-order valence-electron chi connectivity index (χ3n) is 4.10. The van der Waals surface area contributed by atoms with Crippen molar-refractivity contribution < 1.29 is 24.5 Å². The normalized spacial score (nSPS) is 10.5. The van der Waals surface area contributed by atoms with E-state index < -0.39 is 12.1 Å². The number of carboxylic acid groups (broad SMARTS) is 1. The predicted molar refractivity (Wildman–Crippen MR) is 106 cm³/mol. The molecule has 0 radical (unpaired) electrons. The molecule has 0 aliphatic heterocycles. The molecule has 0 saturated carbocycles. The van der Waals surface area contributed by atoms with Crippen LogP contribution in [-0.2, 0) is 11.3 Å². The van der Waals surface area contributed by atoms with Crippen LogP contribution in [0.5, 0.6) is 5.75 Å². The molecule has 0 bridgehead atoms. The Bertz CT molecular complexity index is 1040. The first-order valence-corrected chi connectivity index (χ1v) is 9.16. The molecule has 1 heterocycles. The largest absolute Gasteiger partial charge is 0.507 e. The Hall–Kier alpha value is -3.39. The van der Waals surface area contributed by atoms with Crippen molar-refractivity contribution in [1.82, 2.24) is 10.3 Å². The molecule has 7 nitrogen and oxygen atoms in total. The molecule has 1 amide bonds.